The Morgan fingerprint density at radius 3 is 2.45 bits per heavy atom. The Morgan fingerprint density at radius 2 is 1.85 bits per heavy atom. The summed E-state index contributed by atoms with van der Waals surface area (Å²) in [4.78, 5) is 0. The van der Waals surface area contributed by atoms with E-state index in [2.05, 4.69) is 57.3 Å². The first-order valence-electron chi connectivity index (χ1n) is 8.58. The molecule has 2 atom stereocenters. The highest BCUT2D eigenvalue weighted by Gasteiger charge is 2.20. The molecular formula is C19H33N. The highest BCUT2D eigenvalue weighted by Crippen LogP contribution is 2.29. The van der Waals surface area contributed by atoms with Crippen molar-refractivity contribution in [3.63, 3.8) is 0 Å². The van der Waals surface area contributed by atoms with Crippen molar-refractivity contribution in [2.45, 2.75) is 72.3 Å². The maximum Gasteiger partial charge on any atom is 0.0348 e. The van der Waals surface area contributed by atoms with Gasteiger partial charge in [0.2, 0.25) is 0 Å². The van der Waals surface area contributed by atoms with Gasteiger partial charge in [0.15, 0.2) is 0 Å². The van der Waals surface area contributed by atoms with Crippen molar-refractivity contribution in [2.75, 3.05) is 6.54 Å². The van der Waals surface area contributed by atoms with Crippen molar-refractivity contribution in [3.05, 3.63) is 35.4 Å². The van der Waals surface area contributed by atoms with E-state index < -0.39 is 0 Å². The summed E-state index contributed by atoms with van der Waals surface area (Å²) in [6, 6.07) is 9.75. The van der Waals surface area contributed by atoms with E-state index in [1.54, 1.807) is 0 Å². The maximum absolute atomic E-state index is 3.73. The van der Waals surface area contributed by atoms with E-state index in [0.29, 0.717) is 6.04 Å². The largest absolute Gasteiger partial charge is 0.310 e. The highest BCUT2D eigenvalue weighted by molar-refractivity contribution is 5.26. The first-order valence-corrected chi connectivity index (χ1v) is 8.58. The molecule has 114 valence electrons. The topological polar surface area (TPSA) is 12.0 Å². The molecule has 0 amide bonds. The third kappa shape index (κ3) is 5.28. The molecule has 1 aromatic rings. The third-order valence-electron chi connectivity index (χ3n) is 4.20. The summed E-state index contributed by atoms with van der Waals surface area (Å²) in [6.07, 6.45) is 7.65. The van der Waals surface area contributed by atoms with Crippen LogP contribution in [0.25, 0.3) is 0 Å². The Hall–Kier alpha value is -0.820. The summed E-state index contributed by atoms with van der Waals surface area (Å²) >= 11 is 0. The van der Waals surface area contributed by atoms with Gasteiger partial charge in [-0.25, -0.2) is 0 Å². The number of nitrogens with one attached hydrogen (secondary N) is 1. The number of hydrogen-bond donors (Lipinski definition) is 1. The van der Waals surface area contributed by atoms with Gasteiger partial charge in [-0.2, -0.15) is 0 Å². The first kappa shape index (κ1) is 17.2. The second kappa shape index (κ2) is 9.99. The van der Waals surface area contributed by atoms with Gasteiger partial charge in [0.1, 0.15) is 0 Å². The van der Waals surface area contributed by atoms with E-state index >= 15 is 0 Å². The summed E-state index contributed by atoms with van der Waals surface area (Å²) in [7, 11) is 0. The predicted octanol–water partition coefficient (Wildman–Crippen LogP) is 5.51. The van der Waals surface area contributed by atoms with Crippen molar-refractivity contribution in [1.82, 2.24) is 5.32 Å². The van der Waals surface area contributed by atoms with Crippen LogP contribution in [0.5, 0.6) is 0 Å². The maximum atomic E-state index is 3.73. The normalized spacial score (nSPS) is 14.2. The van der Waals surface area contributed by atoms with E-state index in [1.165, 1.54) is 49.7 Å². The van der Waals surface area contributed by atoms with Crippen LogP contribution in [0.1, 0.15) is 77.0 Å². The monoisotopic (exact) mass is 275 g/mol. The summed E-state index contributed by atoms with van der Waals surface area (Å²) in [5.41, 5.74) is 2.97. The van der Waals surface area contributed by atoms with Crippen molar-refractivity contribution in [1.29, 1.82) is 0 Å². The van der Waals surface area contributed by atoms with Crippen LogP contribution in [0.4, 0.5) is 0 Å². The van der Waals surface area contributed by atoms with Crippen LogP contribution >= 0.6 is 0 Å². The fourth-order valence-electron chi connectivity index (χ4n) is 3.08. The zero-order valence-electron chi connectivity index (χ0n) is 13.9. The second-order valence-corrected chi connectivity index (χ2v) is 5.84. The minimum atomic E-state index is 0.522. The molecule has 2 unspecified atom stereocenters. The summed E-state index contributed by atoms with van der Waals surface area (Å²) < 4.78 is 0. The number of rotatable bonds is 10. The average Bonchev–Trinajstić information content (AvgIpc) is 2.47. The molecule has 1 nitrogen and oxygen atoms in total. The molecule has 0 fully saturated rings. The van der Waals surface area contributed by atoms with Gasteiger partial charge in [-0.05, 0) is 36.4 Å². The molecule has 0 radical (unpaired) electrons. The molecular weight excluding hydrogens is 242 g/mol. The lowest BCUT2D eigenvalue weighted by atomic mass is 9.86. The van der Waals surface area contributed by atoms with Crippen LogP contribution < -0.4 is 5.32 Å². The lowest BCUT2D eigenvalue weighted by Gasteiger charge is -2.28. The van der Waals surface area contributed by atoms with Crippen molar-refractivity contribution < 1.29 is 0 Å². The zero-order chi connectivity index (χ0) is 14.8. The Bertz CT molecular complexity index is 359. The van der Waals surface area contributed by atoms with E-state index in [1.807, 2.05) is 0 Å². The Balaban J connectivity index is 2.89. The molecule has 0 spiro atoms. The third-order valence-corrected chi connectivity index (χ3v) is 4.20. The fraction of sp³-hybridized carbons (Fsp3) is 0.684. The van der Waals surface area contributed by atoms with Gasteiger partial charge in [-0.1, -0.05) is 77.6 Å². The molecule has 20 heavy (non-hydrogen) atoms. The summed E-state index contributed by atoms with van der Waals surface area (Å²) in [5.74, 6) is 0.756. The zero-order valence-corrected chi connectivity index (χ0v) is 13.9. The molecule has 0 bridgehead atoms. The second-order valence-electron chi connectivity index (χ2n) is 5.84. The summed E-state index contributed by atoms with van der Waals surface area (Å²) in [6.45, 7) is 10.1. The predicted molar refractivity (Wildman–Crippen MR) is 90.2 cm³/mol. The molecule has 0 aliphatic heterocycles. The van der Waals surface area contributed by atoms with E-state index in [4.69, 9.17) is 0 Å². The minimum Gasteiger partial charge on any atom is -0.310 e. The van der Waals surface area contributed by atoms with Crippen molar-refractivity contribution in [3.8, 4) is 0 Å². The Labute approximate surface area is 126 Å². The molecule has 1 aromatic carbocycles. The van der Waals surface area contributed by atoms with Crippen LogP contribution in [-0.4, -0.2) is 6.54 Å². The molecule has 1 rings (SSSR count). The van der Waals surface area contributed by atoms with Crippen LogP contribution in [-0.2, 0) is 6.42 Å². The van der Waals surface area contributed by atoms with Gasteiger partial charge in [-0.3, -0.25) is 0 Å². The Morgan fingerprint density at radius 1 is 1.05 bits per heavy atom. The average molecular weight is 275 g/mol. The van der Waals surface area contributed by atoms with Crippen LogP contribution in [0, 0.1) is 5.92 Å². The first-order chi connectivity index (χ1) is 9.76. The molecule has 1 heteroatoms. The number of benzene rings is 1. The van der Waals surface area contributed by atoms with Gasteiger partial charge in [0.25, 0.3) is 0 Å². The standard InChI is InChI=1S/C19H33N/c1-5-9-13-17(7-3)19(20-8-4)18-14-10-12-16(15-18)11-6-2/h10,12,14-15,17,19-20H,5-9,11,13H2,1-4H3. The van der Waals surface area contributed by atoms with Crippen molar-refractivity contribution in [2.24, 2.45) is 5.92 Å². The fourth-order valence-corrected chi connectivity index (χ4v) is 3.08. The minimum absolute atomic E-state index is 0.522. The van der Waals surface area contributed by atoms with Crippen LogP contribution in [0.15, 0.2) is 24.3 Å². The van der Waals surface area contributed by atoms with Gasteiger partial charge < -0.3 is 5.32 Å². The van der Waals surface area contributed by atoms with Gasteiger partial charge in [0.05, 0.1) is 0 Å². The SMILES string of the molecule is CCCCC(CC)C(NCC)c1cccc(CCC)c1. The van der Waals surface area contributed by atoms with E-state index in [-0.39, 0.29) is 0 Å². The summed E-state index contributed by atoms with van der Waals surface area (Å²) in [5, 5.41) is 3.73. The molecule has 0 aliphatic carbocycles. The number of aryl methyl sites for hydroxylation is 1. The van der Waals surface area contributed by atoms with Gasteiger partial charge in [0, 0.05) is 6.04 Å². The molecule has 1 N–H and O–H groups in total. The smallest absolute Gasteiger partial charge is 0.0348 e. The highest BCUT2D eigenvalue weighted by atomic mass is 14.9. The lowest BCUT2D eigenvalue weighted by molar-refractivity contribution is 0.327. The molecule has 0 saturated carbocycles. The Kier molecular flexibility index (Phi) is 8.60. The van der Waals surface area contributed by atoms with E-state index in [0.717, 1.165) is 12.5 Å². The lowest BCUT2D eigenvalue weighted by Crippen LogP contribution is -2.28. The van der Waals surface area contributed by atoms with Gasteiger partial charge in [-0.15, -0.1) is 0 Å². The van der Waals surface area contributed by atoms with E-state index in [9.17, 15) is 0 Å². The van der Waals surface area contributed by atoms with Crippen molar-refractivity contribution >= 4 is 0 Å². The number of hydrogen-bond acceptors (Lipinski definition) is 1. The molecule has 0 aromatic heterocycles. The van der Waals surface area contributed by atoms with Crippen LogP contribution in [0.3, 0.4) is 0 Å². The number of unbranched alkanes of at least 4 members (excludes halogenated alkanes) is 1. The molecule has 0 aliphatic rings. The van der Waals surface area contributed by atoms with Crippen LogP contribution in [0.2, 0.25) is 0 Å². The quantitative estimate of drug-likeness (QED) is 0.594. The van der Waals surface area contributed by atoms with Gasteiger partial charge >= 0.3 is 0 Å². The molecule has 0 saturated heterocycles. The molecule has 0 heterocycles.